The molecule has 4 heteroatoms. The topological polar surface area (TPSA) is 41.1 Å². The third kappa shape index (κ3) is 3.58. The number of aryl methyl sites for hydroxylation is 1. The maximum absolute atomic E-state index is 12.0. The lowest BCUT2D eigenvalue weighted by molar-refractivity contribution is 0.249. The Kier molecular flexibility index (Phi) is 4.58. The molecule has 1 aromatic carbocycles. The van der Waals surface area contributed by atoms with Crippen LogP contribution in [-0.4, -0.2) is 6.03 Å². The third-order valence-electron chi connectivity index (χ3n) is 2.96. The van der Waals surface area contributed by atoms with Crippen molar-refractivity contribution in [2.45, 2.75) is 26.3 Å². The number of urea groups is 1. The molecule has 1 heterocycles. The summed E-state index contributed by atoms with van der Waals surface area (Å²) in [6.45, 7) is 4.06. The summed E-state index contributed by atoms with van der Waals surface area (Å²) in [4.78, 5) is 13.1. The standard InChI is InChI=1S/C15H18N2OS/c1-3-12-7-4-5-8-13(12)17-15(18)16-11(2)14-9-6-10-19-14/h4-11H,3H2,1-2H3,(H2,16,17,18). The van der Waals surface area contributed by atoms with E-state index in [1.54, 1.807) is 11.3 Å². The number of hydrogen-bond acceptors (Lipinski definition) is 2. The van der Waals surface area contributed by atoms with Gasteiger partial charge in [-0.1, -0.05) is 31.2 Å². The van der Waals surface area contributed by atoms with Gasteiger partial charge in [0.15, 0.2) is 0 Å². The van der Waals surface area contributed by atoms with Crippen LogP contribution in [0.1, 0.15) is 30.3 Å². The fraction of sp³-hybridized carbons (Fsp3) is 0.267. The quantitative estimate of drug-likeness (QED) is 0.862. The van der Waals surface area contributed by atoms with Gasteiger partial charge in [0.25, 0.3) is 0 Å². The molecule has 0 bridgehead atoms. The summed E-state index contributed by atoms with van der Waals surface area (Å²) in [5, 5.41) is 7.86. The summed E-state index contributed by atoms with van der Waals surface area (Å²) < 4.78 is 0. The zero-order valence-corrected chi connectivity index (χ0v) is 12.0. The van der Waals surface area contributed by atoms with Gasteiger partial charge in [-0.25, -0.2) is 4.79 Å². The zero-order chi connectivity index (χ0) is 13.7. The molecule has 0 aliphatic heterocycles. The molecule has 1 unspecified atom stereocenters. The number of anilines is 1. The molecule has 0 saturated carbocycles. The van der Waals surface area contributed by atoms with Gasteiger partial charge in [-0.15, -0.1) is 11.3 Å². The molecule has 2 aromatic rings. The Labute approximate surface area is 117 Å². The van der Waals surface area contributed by atoms with Gasteiger partial charge in [-0.05, 0) is 36.4 Å². The molecule has 3 nitrogen and oxygen atoms in total. The molecule has 1 aromatic heterocycles. The predicted molar refractivity (Wildman–Crippen MR) is 80.7 cm³/mol. The number of carbonyl (C=O) groups excluding carboxylic acids is 1. The van der Waals surface area contributed by atoms with E-state index in [4.69, 9.17) is 0 Å². The summed E-state index contributed by atoms with van der Waals surface area (Å²) in [6, 6.07) is 11.7. The molecule has 1 atom stereocenters. The number of hydrogen-bond donors (Lipinski definition) is 2. The van der Waals surface area contributed by atoms with Gasteiger partial charge in [-0.2, -0.15) is 0 Å². The average molecular weight is 274 g/mol. The molecular formula is C15H18N2OS. The number of rotatable bonds is 4. The van der Waals surface area contributed by atoms with E-state index in [-0.39, 0.29) is 12.1 Å². The minimum atomic E-state index is -0.165. The SMILES string of the molecule is CCc1ccccc1NC(=O)NC(C)c1cccs1. The fourth-order valence-corrected chi connectivity index (χ4v) is 2.65. The normalized spacial score (nSPS) is 11.9. The van der Waals surface area contributed by atoms with Crippen molar-refractivity contribution in [1.82, 2.24) is 5.32 Å². The number of nitrogens with one attached hydrogen (secondary N) is 2. The van der Waals surface area contributed by atoms with E-state index in [1.165, 1.54) is 0 Å². The Balaban J connectivity index is 1.98. The number of para-hydroxylation sites is 1. The molecule has 100 valence electrons. The maximum Gasteiger partial charge on any atom is 0.319 e. The van der Waals surface area contributed by atoms with Gasteiger partial charge >= 0.3 is 6.03 Å². The lowest BCUT2D eigenvalue weighted by Crippen LogP contribution is -2.31. The smallest absolute Gasteiger partial charge is 0.319 e. The monoisotopic (exact) mass is 274 g/mol. The van der Waals surface area contributed by atoms with Crippen molar-refractivity contribution in [2.75, 3.05) is 5.32 Å². The summed E-state index contributed by atoms with van der Waals surface area (Å²) in [5.41, 5.74) is 2.02. The van der Waals surface area contributed by atoms with E-state index in [0.29, 0.717) is 0 Å². The highest BCUT2D eigenvalue weighted by molar-refractivity contribution is 7.10. The van der Waals surface area contributed by atoms with Crippen LogP contribution in [0, 0.1) is 0 Å². The van der Waals surface area contributed by atoms with Gasteiger partial charge in [0, 0.05) is 10.6 Å². The van der Waals surface area contributed by atoms with E-state index >= 15 is 0 Å². The van der Waals surface area contributed by atoms with E-state index in [0.717, 1.165) is 22.5 Å². The average Bonchev–Trinajstić information content (AvgIpc) is 2.93. The van der Waals surface area contributed by atoms with Crippen molar-refractivity contribution in [3.05, 3.63) is 52.2 Å². The number of benzene rings is 1. The van der Waals surface area contributed by atoms with E-state index in [1.807, 2.05) is 48.7 Å². The molecule has 2 amide bonds. The Morgan fingerprint density at radius 1 is 1.26 bits per heavy atom. The molecule has 0 aliphatic rings. The van der Waals surface area contributed by atoms with Gasteiger partial charge < -0.3 is 10.6 Å². The number of amides is 2. The van der Waals surface area contributed by atoms with Crippen LogP contribution in [0.15, 0.2) is 41.8 Å². The number of carbonyl (C=O) groups is 1. The predicted octanol–water partition coefficient (Wildman–Crippen LogP) is 4.19. The van der Waals surface area contributed by atoms with Crippen molar-refractivity contribution in [2.24, 2.45) is 0 Å². The molecule has 2 N–H and O–H groups in total. The van der Waals surface area contributed by atoms with Gasteiger partial charge in [0.05, 0.1) is 6.04 Å². The third-order valence-corrected chi connectivity index (χ3v) is 4.02. The summed E-state index contributed by atoms with van der Waals surface area (Å²) in [5.74, 6) is 0. The molecule has 0 saturated heterocycles. The molecule has 0 aliphatic carbocycles. The minimum absolute atomic E-state index is 0.0220. The maximum atomic E-state index is 12.0. The molecule has 19 heavy (non-hydrogen) atoms. The van der Waals surface area contributed by atoms with Crippen molar-refractivity contribution in [1.29, 1.82) is 0 Å². The van der Waals surface area contributed by atoms with Gasteiger partial charge in [0.1, 0.15) is 0 Å². The first-order valence-electron chi connectivity index (χ1n) is 6.39. The van der Waals surface area contributed by atoms with Crippen LogP contribution >= 0.6 is 11.3 Å². The molecule has 2 rings (SSSR count). The first kappa shape index (κ1) is 13.6. The second-order valence-electron chi connectivity index (χ2n) is 4.35. The number of thiophene rings is 1. The lowest BCUT2D eigenvalue weighted by atomic mass is 10.1. The van der Waals surface area contributed by atoms with Crippen molar-refractivity contribution >= 4 is 23.1 Å². The Bertz CT molecular complexity index is 537. The second kappa shape index (κ2) is 6.38. The van der Waals surface area contributed by atoms with Crippen molar-refractivity contribution in [3.63, 3.8) is 0 Å². The Morgan fingerprint density at radius 2 is 2.05 bits per heavy atom. The van der Waals surface area contributed by atoms with Crippen LogP contribution in [0.5, 0.6) is 0 Å². The zero-order valence-electron chi connectivity index (χ0n) is 11.1. The highest BCUT2D eigenvalue weighted by atomic mass is 32.1. The van der Waals surface area contributed by atoms with E-state index < -0.39 is 0 Å². The summed E-state index contributed by atoms with van der Waals surface area (Å²) in [7, 11) is 0. The highest BCUT2D eigenvalue weighted by Crippen LogP contribution is 2.19. The highest BCUT2D eigenvalue weighted by Gasteiger charge is 2.11. The first-order valence-corrected chi connectivity index (χ1v) is 7.27. The minimum Gasteiger partial charge on any atom is -0.331 e. The largest absolute Gasteiger partial charge is 0.331 e. The van der Waals surface area contributed by atoms with Crippen molar-refractivity contribution in [3.8, 4) is 0 Å². The molecule has 0 fully saturated rings. The van der Waals surface area contributed by atoms with E-state index in [2.05, 4.69) is 17.6 Å². The van der Waals surface area contributed by atoms with Crippen LogP contribution in [0.25, 0.3) is 0 Å². The first-order chi connectivity index (χ1) is 9.20. The van der Waals surface area contributed by atoms with Gasteiger partial charge in [-0.3, -0.25) is 0 Å². The van der Waals surface area contributed by atoms with Crippen LogP contribution in [-0.2, 0) is 6.42 Å². The fourth-order valence-electron chi connectivity index (χ4n) is 1.91. The summed E-state index contributed by atoms with van der Waals surface area (Å²) >= 11 is 1.64. The summed E-state index contributed by atoms with van der Waals surface area (Å²) in [6.07, 6.45) is 0.900. The molecule has 0 radical (unpaired) electrons. The lowest BCUT2D eigenvalue weighted by Gasteiger charge is -2.14. The van der Waals surface area contributed by atoms with Crippen LogP contribution < -0.4 is 10.6 Å². The molecular weight excluding hydrogens is 256 g/mol. The van der Waals surface area contributed by atoms with E-state index in [9.17, 15) is 4.79 Å². The Morgan fingerprint density at radius 3 is 2.74 bits per heavy atom. The van der Waals surface area contributed by atoms with Crippen LogP contribution in [0.3, 0.4) is 0 Å². The molecule has 0 spiro atoms. The van der Waals surface area contributed by atoms with Crippen LogP contribution in [0.2, 0.25) is 0 Å². The second-order valence-corrected chi connectivity index (χ2v) is 5.33. The van der Waals surface area contributed by atoms with Crippen LogP contribution in [0.4, 0.5) is 10.5 Å². The Hall–Kier alpha value is -1.81. The van der Waals surface area contributed by atoms with Crippen molar-refractivity contribution < 1.29 is 4.79 Å². The van der Waals surface area contributed by atoms with Gasteiger partial charge in [0.2, 0.25) is 0 Å².